The van der Waals surface area contributed by atoms with E-state index < -0.39 is 11.9 Å². The molecule has 1 aliphatic rings. The number of nitrogens with one attached hydrogen (secondary N) is 1. The maximum Gasteiger partial charge on any atom is 0.245 e. The quantitative estimate of drug-likeness (QED) is 0.839. The van der Waals surface area contributed by atoms with E-state index in [-0.39, 0.29) is 10.9 Å². The highest BCUT2D eigenvalue weighted by Crippen LogP contribution is 2.40. The van der Waals surface area contributed by atoms with Crippen molar-refractivity contribution in [3.05, 3.63) is 51.2 Å². The largest absolute Gasteiger partial charge is 0.455 e. The van der Waals surface area contributed by atoms with Crippen LogP contribution in [0.25, 0.3) is 0 Å². The van der Waals surface area contributed by atoms with Gasteiger partial charge < -0.3 is 15.8 Å². The number of amides is 1. The number of ether oxygens (including phenoxy) is 1. The summed E-state index contributed by atoms with van der Waals surface area (Å²) in [4.78, 5) is 11.5. The number of benzene rings is 2. The number of hydrogen-bond donors (Lipinski definition) is 2. The Bertz CT molecular complexity index is 754. The van der Waals surface area contributed by atoms with Crippen molar-refractivity contribution in [1.82, 2.24) is 0 Å². The molecule has 1 unspecified atom stereocenters. The first-order chi connectivity index (χ1) is 9.95. The van der Waals surface area contributed by atoms with Crippen molar-refractivity contribution in [1.29, 1.82) is 0 Å². The minimum atomic E-state index is -0.695. The number of hydrogen-bond acceptors (Lipinski definition) is 3. The molecule has 0 fully saturated rings. The molecule has 3 N–H and O–H groups in total. The van der Waals surface area contributed by atoms with Crippen LogP contribution in [0.5, 0.6) is 11.5 Å². The Hall–Kier alpha value is -1.63. The summed E-state index contributed by atoms with van der Waals surface area (Å²) in [5.41, 5.74) is 7.04. The monoisotopic (exact) mass is 370 g/mol. The van der Waals surface area contributed by atoms with Gasteiger partial charge in [-0.3, -0.25) is 4.79 Å². The second-order valence-corrected chi connectivity index (χ2v) is 5.78. The number of nitrogens with two attached hydrogens (primary N) is 1. The molecule has 2 aromatic carbocycles. The van der Waals surface area contributed by atoms with Crippen LogP contribution in [0.3, 0.4) is 0 Å². The van der Waals surface area contributed by atoms with Gasteiger partial charge in [-0.15, -0.1) is 0 Å². The van der Waals surface area contributed by atoms with Gasteiger partial charge in [-0.2, -0.15) is 0 Å². The zero-order chi connectivity index (χ0) is 15.1. The van der Waals surface area contributed by atoms with Gasteiger partial charge in [-0.25, -0.2) is 4.39 Å². The average molecular weight is 372 g/mol. The Kier molecular flexibility index (Phi) is 3.61. The number of anilines is 1. The summed E-state index contributed by atoms with van der Waals surface area (Å²) in [6.07, 6.45) is 0. The lowest BCUT2D eigenvalue weighted by Gasteiger charge is -2.11. The highest BCUT2D eigenvalue weighted by atomic mass is 79.9. The minimum absolute atomic E-state index is 0.156. The minimum Gasteiger partial charge on any atom is -0.455 e. The zero-order valence-electron chi connectivity index (χ0n) is 10.5. The second-order valence-electron chi connectivity index (χ2n) is 4.51. The van der Waals surface area contributed by atoms with Crippen LogP contribution >= 0.6 is 27.5 Å². The van der Waals surface area contributed by atoms with Crippen molar-refractivity contribution >= 4 is 39.1 Å². The zero-order valence-corrected chi connectivity index (χ0v) is 12.8. The molecule has 0 saturated heterocycles. The Morgan fingerprint density at radius 3 is 2.76 bits per heavy atom. The van der Waals surface area contributed by atoms with Gasteiger partial charge in [0, 0.05) is 17.3 Å². The standard InChI is InChI=1S/C14H9BrClFN2O2/c15-8-4-7-10(19-14(20)13(7)18)5-12(8)21-11-2-1-6(17)3-9(11)16/h1-5,13H,18H2,(H,19,20). The summed E-state index contributed by atoms with van der Waals surface area (Å²) < 4.78 is 19.3. The summed E-state index contributed by atoms with van der Waals surface area (Å²) in [6.45, 7) is 0. The van der Waals surface area contributed by atoms with Gasteiger partial charge >= 0.3 is 0 Å². The first-order valence-electron chi connectivity index (χ1n) is 5.98. The van der Waals surface area contributed by atoms with Crippen LogP contribution in [-0.2, 0) is 4.79 Å². The highest BCUT2D eigenvalue weighted by molar-refractivity contribution is 9.10. The number of carbonyl (C=O) groups is 1. The second kappa shape index (κ2) is 5.29. The molecular formula is C14H9BrClFN2O2. The van der Waals surface area contributed by atoms with Gasteiger partial charge in [0.25, 0.3) is 0 Å². The third kappa shape index (κ3) is 2.62. The van der Waals surface area contributed by atoms with E-state index in [2.05, 4.69) is 21.2 Å². The molecule has 0 radical (unpaired) electrons. The van der Waals surface area contributed by atoms with Crippen LogP contribution < -0.4 is 15.8 Å². The van der Waals surface area contributed by atoms with Gasteiger partial charge in [0.15, 0.2) is 0 Å². The van der Waals surface area contributed by atoms with E-state index in [4.69, 9.17) is 22.1 Å². The normalized spacial score (nSPS) is 16.6. The van der Waals surface area contributed by atoms with E-state index >= 15 is 0 Å². The molecule has 0 spiro atoms. The van der Waals surface area contributed by atoms with Crippen molar-refractivity contribution in [2.75, 3.05) is 5.32 Å². The number of fused-ring (bicyclic) bond motifs is 1. The van der Waals surface area contributed by atoms with Gasteiger partial charge in [0.2, 0.25) is 5.91 Å². The molecule has 0 bridgehead atoms. The van der Waals surface area contributed by atoms with Crippen molar-refractivity contribution in [3.63, 3.8) is 0 Å². The molecule has 2 aromatic rings. The average Bonchev–Trinajstić information content (AvgIpc) is 2.69. The van der Waals surface area contributed by atoms with Gasteiger partial charge in [0.05, 0.1) is 9.50 Å². The molecule has 21 heavy (non-hydrogen) atoms. The van der Waals surface area contributed by atoms with Crippen LogP contribution in [0.15, 0.2) is 34.8 Å². The summed E-state index contributed by atoms with van der Waals surface area (Å²) in [5.74, 6) is 0.0384. The number of carbonyl (C=O) groups excluding carboxylic acids is 1. The molecule has 0 saturated carbocycles. The predicted molar refractivity (Wildman–Crippen MR) is 81.2 cm³/mol. The lowest BCUT2D eigenvalue weighted by Crippen LogP contribution is -2.19. The Morgan fingerprint density at radius 2 is 2.05 bits per heavy atom. The smallest absolute Gasteiger partial charge is 0.245 e. The predicted octanol–water partition coefficient (Wildman–Crippen LogP) is 3.99. The van der Waals surface area contributed by atoms with Crippen molar-refractivity contribution in [3.8, 4) is 11.5 Å². The first-order valence-corrected chi connectivity index (χ1v) is 7.15. The van der Waals surface area contributed by atoms with Gasteiger partial charge in [0.1, 0.15) is 23.4 Å². The molecule has 1 atom stereocenters. The van der Waals surface area contributed by atoms with Crippen LogP contribution in [-0.4, -0.2) is 5.91 Å². The molecule has 7 heteroatoms. The molecule has 0 aromatic heterocycles. The molecule has 4 nitrogen and oxygen atoms in total. The van der Waals surface area contributed by atoms with Gasteiger partial charge in [-0.05, 0) is 40.2 Å². The molecule has 1 heterocycles. The Morgan fingerprint density at radius 1 is 1.29 bits per heavy atom. The van der Waals surface area contributed by atoms with E-state index in [1.807, 2.05) is 0 Å². The molecule has 3 rings (SSSR count). The molecule has 0 aliphatic carbocycles. The number of rotatable bonds is 2. The maximum absolute atomic E-state index is 13.0. The maximum atomic E-state index is 13.0. The third-order valence-electron chi connectivity index (χ3n) is 3.09. The summed E-state index contributed by atoms with van der Waals surface area (Å²) in [6, 6.07) is 6.51. The summed E-state index contributed by atoms with van der Waals surface area (Å²) >= 11 is 9.28. The first kappa shape index (κ1) is 14.3. The van der Waals surface area contributed by atoms with Crippen LogP contribution in [0, 0.1) is 5.82 Å². The topological polar surface area (TPSA) is 64.4 Å². The fourth-order valence-corrected chi connectivity index (χ4v) is 2.69. The van der Waals surface area contributed by atoms with Crippen LogP contribution in [0.4, 0.5) is 10.1 Å². The van der Waals surface area contributed by atoms with E-state index in [1.165, 1.54) is 12.1 Å². The van der Waals surface area contributed by atoms with E-state index in [0.717, 1.165) is 6.07 Å². The third-order valence-corrected chi connectivity index (χ3v) is 4.01. The van der Waals surface area contributed by atoms with E-state index in [1.54, 1.807) is 12.1 Å². The van der Waals surface area contributed by atoms with Crippen LogP contribution in [0.2, 0.25) is 5.02 Å². The highest BCUT2D eigenvalue weighted by Gasteiger charge is 2.28. The molecule has 1 amide bonds. The Labute approximate surface area is 133 Å². The fourth-order valence-electron chi connectivity index (χ4n) is 2.04. The Balaban J connectivity index is 1.97. The molecule has 1 aliphatic heterocycles. The van der Waals surface area contributed by atoms with Gasteiger partial charge in [-0.1, -0.05) is 11.6 Å². The summed E-state index contributed by atoms with van der Waals surface area (Å²) in [5, 5.41) is 2.82. The van der Waals surface area contributed by atoms with Crippen LogP contribution in [0.1, 0.15) is 11.6 Å². The fraction of sp³-hybridized carbons (Fsp3) is 0.0714. The van der Waals surface area contributed by atoms with Crippen molar-refractivity contribution in [2.24, 2.45) is 5.73 Å². The summed E-state index contributed by atoms with van der Waals surface area (Å²) in [7, 11) is 0. The van der Waals surface area contributed by atoms with E-state index in [0.29, 0.717) is 27.2 Å². The van der Waals surface area contributed by atoms with Crippen molar-refractivity contribution < 1.29 is 13.9 Å². The molecule has 108 valence electrons. The SMILES string of the molecule is NC1C(=O)Nc2cc(Oc3ccc(F)cc3Cl)c(Br)cc21. The van der Waals surface area contributed by atoms with Crippen molar-refractivity contribution in [2.45, 2.75) is 6.04 Å². The lowest BCUT2D eigenvalue weighted by molar-refractivity contribution is -0.116. The lowest BCUT2D eigenvalue weighted by atomic mass is 10.1. The number of halogens is 3. The molecular weight excluding hydrogens is 363 g/mol. The van der Waals surface area contributed by atoms with E-state index in [9.17, 15) is 9.18 Å².